The first-order chi connectivity index (χ1) is 13.2. The number of benzene rings is 2. The third kappa shape index (κ3) is 4.54. The lowest BCUT2D eigenvalue weighted by molar-refractivity contribution is 0.460. The van der Waals surface area contributed by atoms with Gasteiger partial charge in [-0.25, -0.2) is 0 Å². The zero-order chi connectivity index (χ0) is 21.0. The summed E-state index contributed by atoms with van der Waals surface area (Å²) in [6.07, 6.45) is 4.15. The normalized spacial score (nSPS) is 14.7. The quantitative estimate of drug-likeness (QED) is 0.491. The van der Waals surface area contributed by atoms with Crippen LogP contribution < -0.4 is 0 Å². The summed E-state index contributed by atoms with van der Waals surface area (Å²) in [5.74, 6) is 1.76. The van der Waals surface area contributed by atoms with E-state index in [2.05, 4.69) is 60.6 Å². The van der Waals surface area contributed by atoms with Crippen molar-refractivity contribution in [3.8, 4) is 11.5 Å². The van der Waals surface area contributed by atoms with E-state index in [-0.39, 0.29) is 5.92 Å². The van der Waals surface area contributed by atoms with E-state index in [0.717, 1.165) is 47.9 Å². The van der Waals surface area contributed by atoms with Crippen molar-refractivity contribution in [3.05, 3.63) is 57.6 Å². The number of phenolic OH excluding ortho intramolecular Hbond substituents is 2. The lowest BCUT2D eigenvalue weighted by Crippen LogP contribution is -2.08. The van der Waals surface area contributed by atoms with Gasteiger partial charge in [0.25, 0.3) is 0 Å². The largest absolute Gasteiger partial charge is 0.508 e. The summed E-state index contributed by atoms with van der Waals surface area (Å²) in [7, 11) is 0. The summed E-state index contributed by atoms with van der Waals surface area (Å²) in [6.45, 7) is 15.1. The van der Waals surface area contributed by atoms with E-state index in [1.807, 2.05) is 12.1 Å². The number of hydrogen-bond acceptors (Lipinski definition) is 2. The van der Waals surface area contributed by atoms with Crippen molar-refractivity contribution < 1.29 is 10.2 Å². The van der Waals surface area contributed by atoms with Gasteiger partial charge in [0.15, 0.2) is 0 Å². The summed E-state index contributed by atoms with van der Waals surface area (Å²) >= 11 is 0. The van der Waals surface area contributed by atoms with Crippen LogP contribution in [0.1, 0.15) is 111 Å². The van der Waals surface area contributed by atoms with Crippen LogP contribution in [0, 0.1) is 13.8 Å². The number of rotatable bonds is 8. The van der Waals surface area contributed by atoms with E-state index in [9.17, 15) is 10.2 Å². The average Bonchev–Trinajstić information content (AvgIpc) is 2.66. The van der Waals surface area contributed by atoms with Crippen LogP contribution in [-0.2, 0) is 0 Å². The second-order valence-corrected chi connectivity index (χ2v) is 8.50. The predicted molar refractivity (Wildman–Crippen MR) is 120 cm³/mol. The van der Waals surface area contributed by atoms with E-state index in [0.29, 0.717) is 23.3 Å². The Bertz CT molecular complexity index is 741. The Balaban J connectivity index is 2.67. The SMILES string of the molecule is CCCC(c1cc(C(C)CC)c(O)cc1C)c1cc(C(C)CC)c(O)cc1C. The third-order valence-electron chi connectivity index (χ3n) is 6.45. The molecule has 0 aliphatic carbocycles. The smallest absolute Gasteiger partial charge is 0.119 e. The molecule has 2 aromatic rings. The molecule has 2 atom stereocenters. The van der Waals surface area contributed by atoms with Gasteiger partial charge < -0.3 is 10.2 Å². The van der Waals surface area contributed by atoms with Crippen LogP contribution in [0.3, 0.4) is 0 Å². The van der Waals surface area contributed by atoms with Gasteiger partial charge >= 0.3 is 0 Å². The molecule has 0 aliphatic heterocycles. The van der Waals surface area contributed by atoms with E-state index in [4.69, 9.17) is 0 Å². The molecule has 2 unspecified atom stereocenters. The molecular formula is C26H38O2. The van der Waals surface area contributed by atoms with Crippen molar-refractivity contribution >= 4 is 0 Å². The zero-order valence-electron chi connectivity index (χ0n) is 18.8. The highest BCUT2D eigenvalue weighted by Gasteiger charge is 2.23. The van der Waals surface area contributed by atoms with E-state index in [1.165, 1.54) is 11.1 Å². The molecule has 28 heavy (non-hydrogen) atoms. The van der Waals surface area contributed by atoms with Gasteiger partial charge in [-0.2, -0.15) is 0 Å². The van der Waals surface area contributed by atoms with E-state index in [1.54, 1.807) is 0 Å². The summed E-state index contributed by atoms with van der Waals surface area (Å²) in [6, 6.07) is 8.33. The molecular weight excluding hydrogens is 344 g/mol. The molecule has 0 radical (unpaired) electrons. The zero-order valence-corrected chi connectivity index (χ0v) is 18.8. The minimum atomic E-state index is 0.275. The molecule has 0 aromatic heterocycles. The van der Waals surface area contributed by atoms with Crippen molar-refractivity contribution in [2.75, 3.05) is 0 Å². The first-order valence-corrected chi connectivity index (χ1v) is 10.9. The number of aryl methyl sites for hydroxylation is 2. The van der Waals surface area contributed by atoms with Gasteiger partial charge in [-0.15, -0.1) is 0 Å². The van der Waals surface area contributed by atoms with Crippen LogP contribution in [0.25, 0.3) is 0 Å². The second-order valence-electron chi connectivity index (χ2n) is 8.50. The van der Waals surface area contributed by atoms with Crippen molar-refractivity contribution in [3.63, 3.8) is 0 Å². The lowest BCUT2D eigenvalue weighted by Gasteiger charge is -2.25. The molecule has 0 saturated carbocycles. The van der Waals surface area contributed by atoms with Gasteiger partial charge in [0, 0.05) is 5.92 Å². The summed E-state index contributed by atoms with van der Waals surface area (Å²) in [4.78, 5) is 0. The predicted octanol–water partition coefficient (Wildman–Crippen LogP) is 7.67. The van der Waals surface area contributed by atoms with E-state index >= 15 is 0 Å². The molecule has 154 valence electrons. The molecule has 0 aliphatic rings. The van der Waals surface area contributed by atoms with Crippen LogP contribution in [0.2, 0.25) is 0 Å². The fourth-order valence-corrected chi connectivity index (χ4v) is 4.20. The summed E-state index contributed by atoms with van der Waals surface area (Å²) < 4.78 is 0. The van der Waals surface area contributed by atoms with Gasteiger partial charge in [-0.05, 0) is 90.5 Å². The van der Waals surface area contributed by atoms with Gasteiger partial charge in [0.1, 0.15) is 11.5 Å². The maximum absolute atomic E-state index is 10.5. The summed E-state index contributed by atoms with van der Waals surface area (Å²) in [5.41, 5.74) is 6.98. The molecule has 2 heteroatoms. The number of phenols is 2. The summed E-state index contributed by atoms with van der Waals surface area (Å²) in [5, 5.41) is 21.0. The van der Waals surface area contributed by atoms with Crippen LogP contribution in [0.15, 0.2) is 24.3 Å². The van der Waals surface area contributed by atoms with Gasteiger partial charge in [0.2, 0.25) is 0 Å². The topological polar surface area (TPSA) is 40.5 Å². The monoisotopic (exact) mass is 382 g/mol. The molecule has 0 spiro atoms. The second kappa shape index (κ2) is 9.49. The van der Waals surface area contributed by atoms with Crippen LogP contribution in [-0.4, -0.2) is 10.2 Å². The first-order valence-electron chi connectivity index (χ1n) is 10.9. The van der Waals surface area contributed by atoms with Crippen molar-refractivity contribution in [2.45, 2.75) is 91.9 Å². The Morgan fingerprint density at radius 2 is 1.07 bits per heavy atom. The molecule has 0 amide bonds. The molecule has 0 fully saturated rings. The Hall–Kier alpha value is -1.96. The highest BCUT2D eigenvalue weighted by molar-refractivity contribution is 5.51. The average molecular weight is 383 g/mol. The molecule has 2 N–H and O–H groups in total. The first kappa shape index (κ1) is 22.3. The maximum atomic E-state index is 10.5. The molecule has 0 saturated heterocycles. The Morgan fingerprint density at radius 1 is 0.679 bits per heavy atom. The highest BCUT2D eigenvalue weighted by Crippen LogP contribution is 2.41. The minimum absolute atomic E-state index is 0.275. The lowest BCUT2D eigenvalue weighted by atomic mass is 9.79. The fourth-order valence-electron chi connectivity index (χ4n) is 4.20. The third-order valence-corrected chi connectivity index (χ3v) is 6.45. The van der Waals surface area contributed by atoms with Crippen LogP contribution >= 0.6 is 0 Å². The molecule has 0 bridgehead atoms. The Kier molecular flexibility index (Phi) is 7.57. The Labute approximate surface area is 171 Å². The van der Waals surface area contributed by atoms with Crippen molar-refractivity contribution in [1.29, 1.82) is 0 Å². The van der Waals surface area contributed by atoms with Crippen molar-refractivity contribution in [1.82, 2.24) is 0 Å². The van der Waals surface area contributed by atoms with Gasteiger partial charge in [-0.1, -0.05) is 53.2 Å². The van der Waals surface area contributed by atoms with E-state index < -0.39 is 0 Å². The minimum Gasteiger partial charge on any atom is -0.508 e. The van der Waals surface area contributed by atoms with Crippen LogP contribution in [0.4, 0.5) is 0 Å². The maximum Gasteiger partial charge on any atom is 0.119 e. The van der Waals surface area contributed by atoms with Crippen molar-refractivity contribution in [2.24, 2.45) is 0 Å². The van der Waals surface area contributed by atoms with Crippen LogP contribution in [0.5, 0.6) is 11.5 Å². The van der Waals surface area contributed by atoms with Gasteiger partial charge in [0.05, 0.1) is 0 Å². The standard InChI is InChI=1S/C26H38O2/c1-8-11-20(21-14-23(16(4)9-2)25(27)12-18(21)6)22-15-24(17(5)10-3)26(28)13-19(22)7/h12-17,20,27-28H,8-11H2,1-7H3. The molecule has 2 nitrogen and oxygen atoms in total. The highest BCUT2D eigenvalue weighted by atomic mass is 16.3. The molecule has 2 aromatic carbocycles. The molecule has 2 rings (SSSR count). The number of aromatic hydroxyl groups is 2. The Morgan fingerprint density at radius 3 is 1.39 bits per heavy atom. The number of hydrogen-bond donors (Lipinski definition) is 2. The fraction of sp³-hybridized carbons (Fsp3) is 0.538. The molecule has 0 heterocycles. The van der Waals surface area contributed by atoms with Gasteiger partial charge in [-0.3, -0.25) is 0 Å².